The Morgan fingerprint density at radius 2 is 2.08 bits per heavy atom. The molecule has 1 N–H and O–H groups in total. The summed E-state index contributed by atoms with van der Waals surface area (Å²) in [5.74, 6) is -0.267. The Morgan fingerprint density at radius 1 is 1.32 bits per heavy atom. The molecule has 192 valence electrons. The Bertz CT molecular complexity index is 1560. The first kappa shape index (κ1) is 25.9. The molecule has 4 heterocycles. The van der Waals surface area contributed by atoms with Crippen molar-refractivity contribution in [3.05, 3.63) is 55.4 Å². The van der Waals surface area contributed by atoms with Gasteiger partial charge in [-0.05, 0) is 69.6 Å². The van der Waals surface area contributed by atoms with E-state index in [-0.39, 0.29) is 26.9 Å². The molecule has 0 aliphatic heterocycles. The van der Waals surface area contributed by atoms with Gasteiger partial charge in [0.1, 0.15) is 11.1 Å². The number of hydrogen-bond acceptors (Lipinski definition) is 6. The van der Waals surface area contributed by atoms with Crippen molar-refractivity contribution in [1.82, 2.24) is 14.6 Å². The fourth-order valence-electron chi connectivity index (χ4n) is 4.58. The van der Waals surface area contributed by atoms with Crippen molar-refractivity contribution < 1.29 is 18.0 Å². The van der Waals surface area contributed by atoms with Crippen molar-refractivity contribution in [2.24, 2.45) is 11.3 Å². The summed E-state index contributed by atoms with van der Waals surface area (Å²) < 4.78 is 42.5. The molecule has 37 heavy (non-hydrogen) atoms. The van der Waals surface area contributed by atoms with Crippen LogP contribution in [0.5, 0.6) is 0 Å². The molecule has 5 rings (SSSR count). The molecule has 0 radical (unpaired) electrons. The third kappa shape index (κ3) is 4.69. The lowest BCUT2D eigenvalue weighted by Gasteiger charge is -2.33. The number of carbonyl (C=O) groups excluding carboxylic acids is 1. The lowest BCUT2D eigenvalue weighted by molar-refractivity contribution is -0.142. The average molecular weight is 609 g/mol. The number of anilines is 1. The maximum Gasteiger partial charge on any atom is 0.433 e. The summed E-state index contributed by atoms with van der Waals surface area (Å²) >= 11 is 5.87. The van der Waals surface area contributed by atoms with E-state index in [0.717, 1.165) is 35.8 Å². The zero-order valence-corrected chi connectivity index (χ0v) is 23.3. The second-order valence-corrected chi connectivity index (χ2v) is 12.8. The van der Waals surface area contributed by atoms with Crippen molar-refractivity contribution >= 4 is 55.2 Å². The van der Waals surface area contributed by atoms with Gasteiger partial charge in [-0.15, -0.1) is 22.7 Å². The van der Waals surface area contributed by atoms with Crippen molar-refractivity contribution in [2.45, 2.75) is 46.2 Å². The van der Waals surface area contributed by atoms with E-state index in [2.05, 4.69) is 58.2 Å². The topological polar surface area (TPSA) is 83.1 Å². The summed E-state index contributed by atoms with van der Waals surface area (Å²) in [7, 11) is 0. The number of thiophene rings is 2. The summed E-state index contributed by atoms with van der Waals surface area (Å²) in [4.78, 5) is 19.2. The molecule has 1 atom stereocenters. The lowest BCUT2D eigenvalue weighted by Crippen LogP contribution is -2.26. The van der Waals surface area contributed by atoms with Crippen molar-refractivity contribution in [3.8, 4) is 16.6 Å². The van der Waals surface area contributed by atoms with Gasteiger partial charge in [0.2, 0.25) is 0 Å². The molecule has 0 aromatic carbocycles. The van der Waals surface area contributed by atoms with Crippen LogP contribution in [0.25, 0.3) is 16.2 Å². The van der Waals surface area contributed by atoms with Crippen LogP contribution in [0.4, 0.5) is 18.2 Å². The normalized spacial score (nSPS) is 16.0. The van der Waals surface area contributed by atoms with Crippen LogP contribution in [-0.4, -0.2) is 20.5 Å². The molecule has 1 aliphatic rings. The highest BCUT2D eigenvalue weighted by molar-refractivity contribution is 9.10. The van der Waals surface area contributed by atoms with Gasteiger partial charge in [0.25, 0.3) is 5.91 Å². The van der Waals surface area contributed by atoms with Gasteiger partial charge in [-0.25, -0.2) is 9.50 Å². The minimum Gasteiger partial charge on any atom is -0.311 e. The zero-order valence-electron chi connectivity index (χ0n) is 20.0. The van der Waals surface area contributed by atoms with E-state index in [4.69, 9.17) is 0 Å². The maximum absolute atomic E-state index is 13.9. The quantitative estimate of drug-likeness (QED) is 0.260. The number of rotatable bonds is 3. The van der Waals surface area contributed by atoms with Gasteiger partial charge in [0, 0.05) is 4.88 Å². The smallest absolute Gasteiger partial charge is 0.311 e. The first-order valence-corrected chi connectivity index (χ1v) is 13.9. The molecule has 0 bridgehead atoms. The minimum atomic E-state index is -4.73. The van der Waals surface area contributed by atoms with E-state index in [1.165, 1.54) is 22.7 Å². The SMILES string of the molecule is CC(C)(C)[C@H]1CCc2c(sc(NC(=O)c3nn4c(C(F)(F)F)cc(-c5cccs5)nc4c3Br)c2C#N)C1. The van der Waals surface area contributed by atoms with Crippen LogP contribution in [0.3, 0.4) is 0 Å². The summed E-state index contributed by atoms with van der Waals surface area (Å²) in [6, 6.07) is 6.53. The summed E-state index contributed by atoms with van der Waals surface area (Å²) in [5, 5.41) is 18.7. The minimum absolute atomic E-state index is 0.0431. The van der Waals surface area contributed by atoms with Crippen molar-refractivity contribution in [1.29, 1.82) is 5.26 Å². The van der Waals surface area contributed by atoms with Crippen LogP contribution < -0.4 is 5.32 Å². The van der Waals surface area contributed by atoms with E-state index in [9.17, 15) is 23.2 Å². The molecule has 1 amide bonds. The van der Waals surface area contributed by atoms with Gasteiger partial charge >= 0.3 is 6.18 Å². The molecule has 0 saturated carbocycles. The number of aromatic nitrogens is 3. The third-order valence-corrected chi connectivity index (χ3v) is 9.43. The first-order valence-electron chi connectivity index (χ1n) is 11.4. The largest absolute Gasteiger partial charge is 0.433 e. The molecule has 6 nitrogen and oxygen atoms in total. The van der Waals surface area contributed by atoms with Crippen LogP contribution in [-0.2, 0) is 19.0 Å². The van der Waals surface area contributed by atoms with Gasteiger partial charge in [-0.1, -0.05) is 26.8 Å². The maximum atomic E-state index is 13.9. The molecule has 4 aromatic rings. The lowest BCUT2D eigenvalue weighted by atomic mass is 9.72. The Labute approximate surface area is 227 Å². The molecular weight excluding hydrogens is 587 g/mol. The van der Waals surface area contributed by atoms with Crippen LogP contribution >= 0.6 is 38.6 Å². The monoisotopic (exact) mass is 607 g/mol. The zero-order chi connectivity index (χ0) is 26.7. The van der Waals surface area contributed by atoms with E-state index in [0.29, 0.717) is 25.9 Å². The summed E-state index contributed by atoms with van der Waals surface area (Å²) in [6.07, 6.45) is -2.21. The van der Waals surface area contributed by atoms with Crippen LogP contribution in [0.15, 0.2) is 28.1 Å². The van der Waals surface area contributed by atoms with Crippen molar-refractivity contribution in [2.75, 3.05) is 5.32 Å². The number of nitrogens with zero attached hydrogens (tertiary/aromatic N) is 4. The number of nitrogens with one attached hydrogen (secondary N) is 1. The number of fused-ring (bicyclic) bond motifs is 2. The van der Waals surface area contributed by atoms with Gasteiger partial charge < -0.3 is 5.32 Å². The number of halogens is 4. The molecule has 0 unspecified atom stereocenters. The second-order valence-electron chi connectivity index (χ2n) is 9.98. The highest BCUT2D eigenvalue weighted by Gasteiger charge is 2.37. The second kappa shape index (κ2) is 9.22. The van der Waals surface area contributed by atoms with Gasteiger partial charge in [0.05, 0.1) is 20.6 Å². The third-order valence-electron chi connectivity index (χ3n) is 6.64. The average Bonchev–Trinajstić information content (AvgIpc) is 3.54. The van der Waals surface area contributed by atoms with Crippen molar-refractivity contribution in [3.63, 3.8) is 0 Å². The number of hydrogen-bond donors (Lipinski definition) is 1. The fraction of sp³-hybridized carbons (Fsp3) is 0.360. The van der Waals surface area contributed by atoms with E-state index < -0.39 is 17.8 Å². The van der Waals surface area contributed by atoms with Crippen LogP contribution in [0, 0.1) is 22.7 Å². The van der Waals surface area contributed by atoms with Crippen LogP contribution in [0.1, 0.15) is 59.4 Å². The van der Waals surface area contributed by atoms with Crippen LogP contribution in [0.2, 0.25) is 0 Å². The Balaban J connectivity index is 1.54. The molecule has 0 spiro atoms. The molecule has 12 heteroatoms. The van der Waals surface area contributed by atoms with E-state index >= 15 is 0 Å². The number of nitriles is 1. The number of carbonyl (C=O) groups is 1. The predicted octanol–water partition coefficient (Wildman–Crippen LogP) is 7.58. The molecule has 4 aromatic heterocycles. The highest BCUT2D eigenvalue weighted by atomic mass is 79.9. The Kier molecular flexibility index (Phi) is 6.45. The van der Waals surface area contributed by atoms with Gasteiger partial charge in [-0.3, -0.25) is 4.79 Å². The first-order chi connectivity index (χ1) is 17.4. The summed E-state index contributed by atoms with van der Waals surface area (Å²) in [6.45, 7) is 6.58. The molecule has 0 fully saturated rings. The van der Waals surface area contributed by atoms with E-state index in [1.54, 1.807) is 17.5 Å². The molecular formula is C25H21BrF3N5OS2. The number of alkyl halides is 3. The van der Waals surface area contributed by atoms with Gasteiger partial charge in [0.15, 0.2) is 17.0 Å². The Morgan fingerprint density at radius 3 is 2.70 bits per heavy atom. The molecule has 1 aliphatic carbocycles. The fourth-order valence-corrected chi connectivity index (χ4v) is 7.06. The number of amides is 1. The Hall–Kier alpha value is -2.75. The summed E-state index contributed by atoms with van der Waals surface area (Å²) in [5.41, 5.74) is 0.191. The van der Waals surface area contributed by atoms with E-state index in [1.807, 2.05) is 0 Å². The van der Waals surface area contributed by atoms with Gasteiger partial charge in [-0.2, -0.15) is 23.5 Å². The predicted molar refractivity (Wildman–Crippen MR) is 141 cm³/mol. The molecule has 0 saturated heterocycles. The standard InChI is InChI=1S/C25H21BrF3N5OS2/c1-24(2,3)12-6-7-13-14(11-30)23(37-17(13)9-12)32-22(35)20-19(26)21-31-15(16-5-4-8-36-16)10-18(25(27,28)29)34(21)33-20/h4-5,8,10,12H,6-7,9H2,1-3H3,(H,32,35)/t12-/m0/s1. The highest BCUT2D eigenvalue weighted by Crippen LogP contribution is 2.44.